The van der Waals surface area contributed by atoms with Crippen LogP contribution in [0.5, 0.6) is 0 Å². The molecule has 12 heteroatoms. The fourth-order valence-corrected chi connectivity index (χ4v) is 5.05. The Hall–Kier alpha value is -3.41. The lowest BCUT2D eigenvalue weighted by Gasteiger charge is -2.40. The van der Waals surface area contributed by atoms with Crippen LogP contribution < -0.4 is 5.32 Å². The minimum Gasteiger partial charge on any atom is -0.467 e. The second-order valence-electron chi connectivity index (χ2n) is 8.26. The van der Waals surface area contributed by atoms with Gasteiger partial charge in [-0.3, -0.25) is 19.4 Å². The second kappa shape index (κ2) is 10.2. The van der Waals surface area contributed by atoms with Crippen molar-refractivity contribution >= 4 is 35.0 Å². The summed E-state index contributed by atoms with van der Waals surface area (Å²) in [5.41, 5.74) is 0.459. The number of aromatic nitrogens is 3. The molecule has 0 spiro atoms. The molecule has 0 bridgehead atoms. The van der Waals surface area contributed by atoms with Gasteiger partial charge in [-0.15, -0.1) is 11.3 Å². The standard InChI is InChI=1S/C22H26N6O5S/c1-13-25-16(12-34-13)20(30)28-9-5-14(26-19(29)15-11-23-6-7-24-15)10-18(28)21(31)27-8-3-4-17(27)22(32)33-2/h6-7,11-12,14,17-18H,3-5,8-10H2,1-2H3,(H,26,29)/t14-,17+,18-/m0/s1. The molecule has 11 nitrogen and oxygen atoms in total. The van der Waals surface area contributed by atoms with Crippen LogP contribution in [0.2, 0.25) is 0 Å². The van der Waals surface area contributed by atoms with Crippen molar-refractivity contribution in [2.75, 3.05) is 20.2 Å². The maximum Gasteiger partial charge on any atom is 0.328 e. The van der Waals surface area contributed by atoms with Gasteiger partial charge in [0.15, 0.2) is 0 Å². The molecule has 0 aliphatic carbocycles. The highest BCUT2D eigenvalue weighted by Gasteiger charge is 2.44. The first-order chi connectivity index (χ1) is 16.4. The molecule has 3 amide bonds. The minimum absolute atomic E-state index is 0.173. The third kappa shape index (κ3) is 4.91. The number of methoxy groups -OCH3 is 1. The van der Waals surface area contributed by atoms with E-state index < -0.39 is 24.0 Å². The van der Waals surface area contributed by atoms with Crippen LogP contribution in [0.25, 0.3) is 0 Å². The van der Waals surface area contributed by atoms with Crippen LogP contribution in [0, 0.1) is 6.92 Å². The molecule has 2 aliphatic heterocycles. The maximum atomic E-state index is 13.7. The summed E-state index contributed by atoms with van der Waals surface area (Å²) < 4.78 is 4.88. The summed E-state index contributed by atoms with van der Waals surface area (Å²) >= 11 is 1.36. The number of piperidine rings is 1. The lowest BCUT2D eigenvalue weighted by Crippen LogP contribution is -2.59. The van der Waals surface area contributed by atoms with Crippen LogP contribution in [0.4, 0.5) is 0 Å². The first kappa shape index (κ1) is 23.7. The zero-order valence-corrected chi connectivity index (χ0v) is 19.8. The molecule has 2 fully saturated rings. The van der Waals surface area contributed by atoms with Gasteiger partial charge in [0.25, 0.3) is 11.8 Å². The fourth-order valence-electron chi connectivity index (χ4n) is 4.46. The smallest absolute Gasteiger partial charge is 0.328 e. The number of thiazole rings is 1. The Kier molecular flexibility index (Phi) is 7.15. The molecule has 2 saturated heterocycles. The molecule has 2 aliphatic rings. The van der Waals surface area contributed by atoms with E-state index in [1.54, 1.807) is 5.38 Å². The molecule has 2 aromatic rings. The monoisotopic (exact) mass is 486 g/mol. The average Bonchev–Trinajstić information content (AvgIpc) is 3.52. The number of carbonyl (C=O) groups is 4. The van der Waals surface area contributed by atoms with E-state index >= 15 is 0 Å². The van der Waals surface area contributed by atoms with Crippen molar-refractivity contribution in [1.29, 1.82) is 0 Å². The number of amides is 3. The number of aryl methyl sites for hydroxylation is 1. The Morgan fingerprint density at radius 3 is 2.59 bits per heavy atom. The summed E-state index contributed by atoms with van der Waals surface area (Å²) in [6, 6.07) is -1.88. The summed E-state index contributed by atoms with van der Waals surface area (Å²) in [4.78, 5) is 67.0. The van der Waals surface area contributed by atoms with Gasteiger partial charge >= 0.3 is 5.97 Å². The molecule has 4 rings (SSSR count). The summed E-state index contributed by atoms with van der Waals surface area (Å²) in [5, 5.41) is 5.33. The highest BCUT2D eigenvalue weighted by molar-refractivity contribution is 7.09. The van der Waals surface area contributed by atoms with Crippen molar-refractivity contribution in [1.82, 2.24) is 30.1 Å². The molecular formula is C22H26N6O5S. The number of hydrogen-bond acceptors (Lipinski definition) is 9. The van der Waals surface area contributed by atoms with Gasteiger partial charge in [0.2, 0.25) is 5.91 Å². The molecule has 0 radical (unpaired) electrons. The SMILES string of the molecule is COC(=O)[C@H]1CCCN1C(=O)[C@@H]1C[C@@H](NC(=O)c2cnccn2)CCN1C(=O)c1csc(C)n1. The van der Waals surface area contributed by atoms with E-state index in [1.807, 2.05) is 6.92 Å². The molecule has 3 atom stereocenters. The van der Waals surface area contributed by atoms with Crippen molar-refractivity contribution in [2.45, 2.75) is 50.7 Å². The van der Waals surface area contributed by atoms with Crippen molar-refractivity contribution in [3.05, 3.63) is 40.4 Å². The Labute approximate surface area is 200 Å². The van der Waals surface area contributed by atoms with Crippen LogP contribution in [0.1, 0.15) is 51.7 Å². The van der Waals surface area contributed by atoms with Crippen molar-refractivity contribution in [2.24, 2.45) is 0 Å². The molecular weight excluding hydrogens is 460 g/mol. The van der Waals surface area contributed by atoms with Gasteiger partial charge in [-0.25, -0.2) is 14.8 Å². The summed E-state index contributed by atoms with van der Waals surface area (Å²) in [5.74, 6) is -1.53. The van der Waals surface area contributed by atoms with Gasteiger partial charge in [-0.1, -0.05) is 0 Å². The van der Waals surface area contributed by atoms with E-state index in [0.29, 0.717) is 25.8 Å². The summed E-state index contributed by atoms with van der Waals surface area (Å²) in [7, 11) is 1.29. The van der Waals surface area contributed by atoms with Crippen LogP contribution >= 0.6 is 11.3 Å². The van der Waals surface area contributed by atoms with E-state index in [9.17, 15) is 19.2 Å². The zero-order chi connectivity index (χ0) is 24.2. The Balaban J connectivity index is 1.56. The zero-order valence-electron chi connectivity index (χ0n) is 19.0. The molecule has 4 heterocycles. The number of rotatable bonds is 5. The predicted molar refractivity (Wildman–Crippen MR) is 121 cm³/mol. The van der Waals surface area contributed by atoms with Crippen molar-refractivity contribution < 1.29 is 23.9 Å². The van der Waals surface area contributed by atoms with E-state index in [0.717, 1.165) is 5.01 Å². The lowest BCUT2D eigenvalue weighted by atomic mass is 9.95. The van der Waals surface area contributed by atoms with Gasteiger partial charge in [-0.2, -0.15) is 0 Å². The third-order valence-corrected chi connectivity index (χ3v) is 6.90. The van der Waals surface area contributed by atoms with E-state index in [4.69, 9.17) is 4.74 Å². The third-order valence-electron chi connectivity index (χ3n) is 6.13. The van der Waals surface area contributed by atoms with Crippen molar-refractivity contribution in [3.8, 4) is 0 Å². The molecule has 1 N–H and O–H groups in total. The van der Waals surface area contributed by atoms with Gasteiger partial charge in [0.1, 0.15) is 23.5 Å². The normalized spacial score (nSPS) is 22.4. The highest BCUT2D eigenvalue weighted by Crippen LogP contribution is 2.27. The largest absolute Gasteiger partial charge is 0.467 e. The number of ether oxygens (including phenoxy) is 1. The number of nitrogens with one attached hydrogen (secondary N) is 1. The van der Waals surface area contributed by atoms with E-state index in [2.05, 4.69) is 20.3 Å². The molecule has 0 saturated carbocycles. The van der Waals surface area contributed by atoms with Gasteiger partial charge in [0, 0.05) is 36.9 Å². The van der Waals surface area contributed by atoms with Gasteiger partial charge in [0.05, 0.1) is 18.3 Å². The maximum absolute atomic E-state index is 13.7. The molecule has 0 aromatic carbocycles. The number of esters is 1. The van der Waals surface area contributed by atoms with Gasteiger partial charge < -0.3 is 19.9 Å². The summed E-state index contributed by atoms with van der Waals surface area (Å²) in [6.07, 6.45) is 6.13. The molecule has 0 unspecified atom stereocenters. The van der Waals surface area contributed by atoms with Crippen LogP contribution in [-0.4, -0.2) is 86.8 Å². The summed E-state index contributed by atoms with van der Waals surface area (Å²) in [6.45, 7) is 2.47. The number of hydrogen-bond donors (Lipinski definition) is 1. The van der Waals surface area contributed by atoms with Crippen LogP contribution in [0.3, 0.4) is 0 Å². The Morgan fingerprint density at radius 2 is 1.91 bits per heavy atom. The molecule has 2 aromatic heterocycles. The van der Waals surface area contributed by atoms with Crippen LogP contribution in [0.15, 0.2) is 24.0 Å². The Bertz CT molecular complexity index is 1080. The van der Waals surface area contributed by atoms with E-state index in [1.165, 1.54) is 46.8 Å². The predicted octanol–water partition coefficient (Wildman–Crippen LogP) is 0.809. The minimum atomic E-state index is -0.847. The Morgan fingerprint density at radius 1 is 1.09 bits per heavy atom. The number of likely N-dealkylation sites (tertiary alicyclic amines) is 2. The topological polar surface area (TPSA) is 135 Å². The molecule has 34 heavy (non-hydrogen) atoms. The quantitative estimate of drug-likeness (QED) is 0.614. The first-order valence-electron chi connectivity index (χ1n) is 11.1. The second-order valence-corrected chi connectivity index (χ2v) is 9.33. The number of nitrogens with zero attached hydrogens (tertiary/aromatic N) is 5. The lowest BCUT2D eigenvalue weighted by molar-refractivity contribution is -0.153. The fraction of sp³-hybridized carbons (Fsp3) is 0.500. The highest BCUT2D eigenvalue weighted by atomic mass is 32.1. The van der Waals surface area contributed by atoms with Crippen LogP contribution in [-0.2, 0) is 14.3 Å². The van der Waals surface area contributed by atoms with E-state index in [-0.39, 0.29) is 42.2 Å². The number of carbonyl (C=O) groups excluding carboxylic acids is 4. The van der Waals surface area contributed by atoms with Gasteiger partial charge in [-0.05, 0) is 32.6 Å². The first-order valence-corrected chi connectivity index (χ1v) is 11.9. The molecule has 180 valence electrons. The van der Waals surface area contributed by atoms with Crippen molar-refractivity contribution in [3.63, 3.8) is 0 Å². The average molecular weight is 487 g/mol.